The summed E-state index contributed by atoms with van der Waals surface area (Å²) in [6, 6.07) is 11.8. The van der Waals surface area contributed by atoms with E-state index in [9.17, 15) is 19.8 Å². The van der Waals surface area contributed by atoms with Crippen LogP contribution >= 0.6 is 0 Å². The number of benzene rings is 2. The minimum Gasteiger partial charge on any atom is -0.478 e. The number of hydrogen-bond acceptors (Lipinski definition) is 3. The molecule has 112 valence electrons. The summed E-state index contributed by atoms with van der Waals surface area (Å²) >= 11 is 0. The van der Waals surface area contributed by atoms with E-state index in [-0.39, 0.29) is 16.6 Å². The van der Waals surface area contributed by atoms with Gasteiger partial charge in [0.2, 0.25) is 0 Å². The Labute approximate surface area is 129 Å². The first-order valence-electron chi connectivity index (χ1n) is 6.87. The molecule has 0 fully saturated rings. The van der Waals surface area contributed by atoms with Crippen LogP contribution in [0.15, 0.2) is 42.5 Å². The van der Waals surface area contributed by atoms with Gasteiger partial charge in [-0.2, -0.15) is 0 Å². The summed E-state index contributed by atoms with van der Waals surface area (Å²) in [6.45, 7) is 0. The quantitative estimate of drug-likeness (QED) is 0.527. The molecule has 3 N–H and O–H groups in total. The smallest absolute Gasteiger partial charge is 0.338 e. The first kappa shape index (κ1) is 13.3. The second kappa shape index (κ2) is 4.54. The summed E-state index contributed by atoms with van der Waals surface area (Å²) in [5.41, 5.74) is 1.80. The molecule has 0 aliphatic rings. The van der Waals surface area contributed by atoms with Gasteiger partial charge in [0.1, 0.15) is 0 Å². The van der Waals surface area contributed by atoms with Crippen LogP contribution in [0.25, 0.3) is 32.8 Å². The number of carbonyl (C=O) groups is 2. The molecule has 2 aromatic carbocycles. The van der Waals surface area contributed by atoms with Crippen molar-refractivity contribution >= 4 is 44.8 Å². The lowest BCUT2D eigenvalue weighted by molar-refractivity contribution is 0.0687. The number of fused-ring (bicyclic) bond motifs is 4. The number of rotatable bonds is 2. The number of hydrogen-bond donors (Lipinski definition) is 3. The number of H-pyrrole nitrogens is 1. The van der Waals surface area contributed by atoms with Crippen LogP contribution in [0.5, 0.6) is 0 Å². The van der Waals surface area contributed by atoms with Crippen molar-refractivity contribution in [1.29, 1.82) is 0 Å². The highest BCUT2D eigenvalue weighted by Crippen LogP contribution is 2.32. The fourth-order valence-electron chi connectivity index (χ4n) is 2.93. The van der Waals surface area contributed by atoms with Crippen LogP contribution in [0.3, 0.4) is 0 Å². The van der Waals surface area contributed by atoms with Crippen molar-refractivity contribution in [1.82, 2.24) is 9.97 Å². The zero-order valence-corrected chi connectivity index (χ0v) is 11.7. The Morgan fingerprint density at radius 1 is 0.870 bits per heavy atom. The van der Waals surface area contributed by atoms with Gasteiger partial charge in [0.25, 0.3) is 0 Å². The number of aromatic nitrogens is 2. The molecule has 0 spiro atoms. The van der Waals surface area contributed by atoms with E-state index >= 15 is 0 Å². The molecule has 4 rings (SSSR count). The topological polar surface area (TPSA) is 103 Å². The molecule has 2 aromatic heterocycles. The van der Waals surface area contributed by atoms with Crippen LogP contribution < -0.4 is 0 Å². The van der Waals surface area contributed by atoms with Gasteiger partial charge in [0, 0.05) is 16.3 Å². The molecule has 4 aromatic rings. The fraction of sp³-hybridized carbons (Fsp3) is 0. The van der Waals surface area contributed by atoms with Crippen LogP contribution in [0.1, 0.15) is 20.7 Å². The van der Waals surface area contributed by atoms with Gasteiger partial charge in [-0.1, -0.05) is 30.3 Å². The summed E-state index contributed by atoms with van der Waals surface area (Å²) in [4.78, 5) is 30.8. The molecular formula is C17H10N2O4. The lowest BCUT2D eigenvalue weighted by Gasteiger charge is -2.06. The van der Waals surface area contributed by atoms with Crippen molar-refractivity contribution < 1.29 is 19.8 Å². The fourth-order valence-corrected chi connectivity index (χ4v) is 2.93. The van der Waals surface area contributed by atoms with E-state index < -0.39 is 11.9 Å². The van der Waals surface area contributed by atoms with Crippen LogP contribution in [-0.2, 0) is 0 Å². The third-order valence-corrected chi connectivity index (χ3v) is 3.90. The van der Waals surface area contributed by atoms with Gasteiger partial charge >= 0.3 is 11.9 Å². The average Bonchev–Trinajstić information content (AvgIpc) is 2.89. The Kier molecular flexibility index (Phi) is 2.62. The van der Waals surface area contributed by atoms with Crippen molar-refractivity contribution in [2.24, 2.45) is 0 Å². The van der Waals surface area contributed by atoms with Gasteiger partial charge in [0.15, 0.2) is 0 Å². The van der Waals surface area contributed by atoms with Crippen LogP contribution in [0, 0.1) is 0 Å². The average molecular weight is 306 g/mol. The molecule has 2 heterocycles. The van der Waals surface area contributed by atoms with Crippen molar-refractivity contribution in [3.8, 4) is 0 Å². The van der Waals surface area contributed by atoms with E-state index in [1.165, 1.54) is 12.1 Å². The molecule has 6 heteroatoms. The standard InChI is InChI=1S/C17H10N2O4/c20-16(21)10-6-3-5-9-12(17(22)23)15-14(19-13(9)10)8-4-1-2-7-11(8)18-15/h1-7,18H,(H,20,21)(H,22,23). The molecule has 0 aliphatic carbocycles. The first-order valence-corrected chi connectivity index (χ1v) is 6.87. The number of pyridine rings is 1. The molecule has 6 nitrogen and oxygen atoms in total. The number of nitrogens with zero attached hydrogens (tertiary/aromatic N) is 1. The number of carboxylic acid groups (broad SMARTS) is 2. The maximum absolute atomic E-state index is 11.8. The van der Waals surface area contributed by atoms with E-state index in [1.54, 1.807) is 6.07 Å². The predicted molar refractivity (Wildman–Crippen MR) is 85.0 cm³/mol. The number of aromatic amines is 1. The minimum atomic E-state index is -1.14. The third-order valence-electron chi connectivity index (χ3n) is 3.90. The molecule has 0 saturated carbocycles. The Balaban J connectivity index is 2.33. The molecule has 0 saturated heterocycles. The Morgan fingerprint density at radius 2 is 1.61 bits per heavy atom. The van der Waals surface area contributed by atoms with E-state index in [0.29, 0.717) is 16.4 Å². The Bertz CT molecular complexity index is 1130. The number of carboxylic acids is 2. The van der Waals surface area contributed by atoms with E-state index in [4.69, 9.17) is 0 Å². The van der Waals surface area contributed by atoms with Crippen LogP contribution in [0.4, 0.5) is 0 Å². The summed E-state index contributed by atoms with van der Waals surface area (Å²) in [5.74, 6) is -2.27. The largest absolute Gasteiger partial charge is 0.478 e. The molecule has 0 unspecified atom stereocenters. The van der Waals surface area contributed by atoms with Gasteiger partial charge in [-0.25, -0.2) is 14.6 Å². The predicted octanol–water partition coefficient (Wildman–Crippen LogP) is 3.27. The highest BCUT2D eigenvalue weighted by atomic mass is 16.4. The minimum absolute atomic E-state index is 0.0165. The maximum Gasteiger partial charge on any atom is 0.338 e. The summed E-state index contributed by atoms with van der Waals surface area (Å²) in [5, 5.41) is 20.1. The van der Waals surface area contributed by atoms with Crippen LogP contribution in [0.2, 0.25) is 0 Å². The molecule has 23 heavy (non-hydrogen) atoms. The van der Waals surface area contributed by atoms with E-state index in [1.807, 2.05) is 24.3 Å². The summed E-state index contributed by atoms with van der Waals surface area (Å²) in [6.07, 6.45) is 0. The van der Waals surface area contributed by atoms with Crippen molar-refractivity contribution in [2.75, 3.05) is 0 Å². The first-order chi connectivity index (χ1) is 11.1. The van der Waals surface area contributed by atoms with Crippen molar-refractivity contribution in [3.63, 3.8) is 0 Å². The van der Waals surface area contributed by atoms with Crippen LogP contribution in [-0.4, -0.2) is 32.1 Å². The molecule has 0 aliphatic heterocycles. The maximum atomic E-state index is 11.8. The summed E-state index contributed by atoms with van der Waals surface area (Å²) < 4.78 is 0. The van der Waals surface area contributed by atoms with Crippen molar-refractivity contribution in [3.05, 3.63) is 53.6 Å². The monoisotopic (exact) mass is 306 g/mol. The lowest BCUT2D eigenvalue weighted by Crippen LogP contribution is -2.04. The number of aromatic carboxylic acids is 2. The second-order valence-corrected chi connectivity index (χ2v) is 5.19. The SMILES string of the molecule is O=C(O)c1cccc2c(C(=O)O)c3[nH]c4ccccc4c3nc12. The van der Waals surface area contributed by atoms with Gasteiger partial charge in [-0.05, 0) is 12.1 Å². The summed E-state index contributed by atoms with van der Waals surface area (Å²) in [7, 11) is 0. The lowest BCUT2D eigenvalue weighted by atomic mass is 10.0. The highest BCUT2D eigenvalue weighted by Gasteiger charge is 2.21. The highest BCUT2D eigenvalue weighted by molar-refractivity contribution is 6.20. The second-order valence-electron chi connectivity index (χ2n) is 5.19. The Morgan fingerprint density at radius 3 is 2.35 bits per heavy atom. The van der Waals surface area contributed by atoms with E-state index in [2.05, 4.69) is 9.97 Å². The van der Waals surface area contributed by atoms with Gasteiger partial charge in [0.05, 0.1) is 27.7 Å². The van der Waals surface area contributed by atoms with Gasteiger partial charge in [-0.15, -0.1) is 0 Å². The molecular weight excluding hydrogens is 296 g/mol. The number of para-hydroxylation sites is 2. The third kappa shape index (κ3) is 1.78. The van der Waals surface area contributed by atoms with Gasteiger partial charge < -0.3 is 15.2 Å². The molecule has 0 atom stereocenters. The van der Waals surface area contributed by atoms with E-state index in [0.717, 1.165) is 10.9 Å². The van der Waals surface area contributed by atoms with Crippen molar-refractivity contribution in [2.45, 2.75) is 0 Å². The zero-order chi connectivity index (χ0) is 16.1. The van der Waals surface area contributed by atoms with Gasteiger partial charge in [-0.3, -0.25) is 0 Å². The zero-order valence-electron chi connectivity index (χ0n) is 11.7. The molecule has 0 radical (unpaired) electrons. The number of nitrogens with one attached hydrogen (secondary N) is 1. The molecule has 0 bridgehead atoms. The Hall–Kier alpha value is -3.41. The normalized spacial score (nSPS) is 11.3. The molecule has 0 amide bonds.